The quantitative estimate of drug-likeness (QED) is 0.784. The maximum Gasteiger partial charge on any atom is 0.0748 e. The van der Waals surface area contributed by atoms with Gasteiger partial charge in [-0.25, -0.2) is 0 Å². The molecule has 0 amide bonds. The van der Waals surface area contributed by atoms with Gasteiger partial charge in [-0.1, -0.05) is 32.4 Å². The maximum absolute atomic E-state index is 9.30. The predicted molar refractivity (Wildman–Crippen MR) is 80.3 cm³/mol. The standard InChI is InChI=1S/C17H24N2/c1-4-14(2)15-6-8-16(9-7-15)19(3)13-17(12-18)10-5-11-17/h6-9,14H,4-5,10-11,13H2,1-3H3. The fraction of sp³-hybridized carbons (Fsp3) is 0.588. The highest BCUT2D eigenvalue weighted by Crippen LogP contribution is 2.41. The van der Waals surface area contributed by atoms with Crippen LogP contribution in [0.4, 0.5) is 5.69 Å². The number of nitriles is 1. The Labute approximate surface area is 117 Å². The fourth-order valence-electron chi connectivity index (χ4n) is 2.75. The third-order valence-electron chi connectivity index (χ3n) is 4.60. The Morgan fingerprint density at radius 2 is 1.95 bits per heavy atom. The summed E-state index contributed by atoms with van der Waals surface area (Å²) in [7, 11) is 2.09. The van der Waals surface area contributed by atoms with E-state index in [1.54, 1.807) is 0 Å². The molecule has 0 spiro atoms. The summed E-state index contributed by atoms with van der Waals surface area (Å²) in [6.07, 6.45) is 4.48. The van der Waals surface area contributed by atoms with Crippen molar-refractivity contribution in [2.24, 2.45) is 5.41 Å². The molecule has 0 radical (unpaired) electrons. The fourth-order valence-corrected chi connectivity index (χ4v) is 2.75. The van der Waals surface area contributed by atoms with Crippen molar-refractivity contribution in [1.29, 1.82) is 5.26 Å². The molecule has 1 aliphatic rings. The van der Waals surface area contributed by atoms with Crippen molar-refractivity contribution in [2.45, 2.75) is 45.4 Å². The number of hydrogen-bond acceptors (Lipinski definition) is 2. The van der Waals surface area contributed by atoms with Crippen molar-refractivity contribution in [3.8, 4) is 6.07 Å². The van der Waals surface area contributed by atoms with E-state index in [0.717, 1.165) is 19.4 Å². The summed E-state index contributed by atoms with van der Waals surface area (Å²) in [6, 6.07) is 11.3. The van der Waals surface area contributed by atoms with Crippen LogP contribution in [0.1, 0.15) is 51.0 Å². The molecule has 2 nitrogen and oxygen atoms in total. The van der Waals surface area contributed by atoms with Gasteiger partial charge in [0.25, 0.3) is 0 Å². The van der Waals surface area contributed by atoms with Gasteiger partial charge < -0.3 is 4.90 Å². The summed E-state index contributed by atoms with van der Waals surface area (Å²) < 4.78 is 0. The first-order chi connectivity index (χ1) is 9.10. The lowest BCUT2D eigenvalue weighted by molar-refractivity contribution is 0.223. The van der Waals surface area contributed by atoms with Crippen LogP contribution >= 0.6 is 0 Å². The summed E-state index contributed by atoms with van der Waals surface area (Å²) in [5.41, 5.74) is 2.52. The topological polar surface area (TPSA) is 27.0 Å². The highest BCUT2D eigenvalue weighted by atomic mass is 15.1. The lowest BCUT2D eigenvalue weighted by Crippen LogP contribution is -2.39. The number of nitrogens with zero attached hydrogens (tertiary/aromatic N) is 2. The highest BCUT2D eigenvalue weighted by molar-refractivity contribution is 5.48. The minimum atomic E-state index is -0.0931. The average molecular weight is 256 g/mol. The van der Waals surface area contributed by atoms with Gasteiger partial charge in [0.2, 0.25) is 0 Å². The van der Waals surface area contributed by atoms with Crippen molar-refractivity contribution in [1.82, 2.24) is 0 Å². The normalized spacial score (nSPS) is 18.2. The Morgan fingerprint density at radius 3 is 2.37 bits per heavy atom. The van der Waals surface area contributed by atoms with E-state index in [4.69, 9.17) is 0 Å². The van der Waals surface area contributed by atoms with E-state index in [2.05, 4.69) is 56.1 Å². The van der Waals surface area contributed by atoms with Crippen LogP contribution in [0.5, 0.6) is 0 Å². The molecule has 1 aliphatic carbocycles. The van der Waals surface area contributed by atoms with Crippen molar-refractivity contribution in [3.05, 3.63) is 29.8 Å². The second-order valence-electron chi connectivity index (χ2n) is 6.00. The van der Waals surface area contributed by atoms with Gasteiger partial charge >= 0.3 is 0 Å². The second-order valence-corrected chi connectivity index (χ2v) is 6.00. The zero-order chi connectivity index (χ0) is 13.9. The van der Waals surface area contributed by atoms with Crippen molar-refractivity contribution in [3.63, 3.8) is 0 Å². The van der Waals surface area contributed by atoms with Gasteiger partial charge in [0.05, 0.1) is 11.5 Å². The van der Waals surface area contributed by atoms with Crippen LogP contribution in [0, 0.1) is 16.7 Å². The molecule has 2 rings (SSSR count). The molecule has 1 atom stereocenters. The molecule has 0 N–H and O–H groups in total. The molecule has 102 valence electrons. The van der Waals surface area contributed by atoms with E-state index in [1.165, 1.54) is 24.1 Å². The molecule has 1 aromatic carbocycles. The van der Waals surface area contributed by atoms with Gasteiger partial charge in [-0.2, -0.15) is 5.26 Å². The van der Waals surface area contributed by atoms with Crippen molar-refractivity contribution in [2.75, 3.05) is 18.5 Å². The molecule has 1 aromatic rings. The van der Waals surface area contributed by atoms with Gasteiger partial charge in [0.1, 0.15) is 0 Å². The Morgan fingerprint density at radius 1 is 1.32 bits per heavy atom. The summed E-state index contributed by atoms with van der Waals surface area (Å²) in [4.78, 5) is 2.22. The van der Waals surface area contributed by atoms with Gasteiger partial charge in [-0.15, -0.1) is 0 Å². The zero-order valence-electron chi connectivity index (χ0n) is 12.3. The third-order valence-corrected chi connectivity index (χ3v) is 4.60. The summed E-state index contributed by atoms with van der Waals surface area (Å²) >= 11 is 0. The van der Waals surface area contributed by atoms with Crippen LogP contribution in [0.15, 0.2) is 24.3 Å². The molecule has 0 bridgehead atoms. The van der Waals surface area contributed by atoms with E-state index in [0.29, 0.717) is 5.92 Å². The number of benzene rings is 1. The molecule has 0 aliphatic heterocycles. The van der Waals surface area contributed by atoms with Crippen LogP contribution in [-0.2, 0) is 0 Å². The molecule has 0 saturated heterocycles. The lowest BCUT2D eigenvalue weighted by Gasteiger charge is -2.39. The second kappa shape index (κ2) is 5.65. The first-order valence-corrected chi connectivity index (χ1v) is 7.32. The van der Waals surface area contributed by atoms with E-state index >= 15 is 0 Å². The van der Waals surface area contributed by atoms with Gasteiger partial charge in [0.15, 0.2) is 0 Å². The van der Waals surface area contributed by atoms with E-state index in [1.807, 2.05) is 0 Å². The summed E-state index contributed by atoms with van der Waals surface area (Å²) in [6.45, 7) is 5.34. The molecular formula is C17H24N2. The van der Waals surface area contributed by atoms with Crippen LogP contribution in [0.3, 0.4) is 0 Å². The Hall–Kier alpha value is -1.49. The van der Waals surface area contributed by atoms with Gasteiger partial charge in [-0.05, 0) is 42.9 Å². The molecule has 1 saturated carbocycles. The first-order valence-electron chi connectivity index (χ1n) is 7.32. The lowest BCUT2D eigenvalue weighted by atomic mass is 9.69. The van der Waals surface area contributed by atoms with Crippen LogP contribution < -0.4 is 4.90 Å². The van der Waals surface area contributed by atoms with E-state index in [-0.39, 0.29) is 5.41 Å². The minimum Gasteiger partial charge on any atom is -0.373 e. The predicted octanol–water partition coefficient (Wildman–Crippen LogP) is 4.33. The number of rotatable bonds is 5. The molecule has 2 heteroatoms. The Balaban J connectivity index is 2.03. The van der Waals surface area contributed by atoms with Crippen molar-refractivity contribution >= 4 is 5.69 Å². The van der Waals surface area contributed by atoms with Crippen LogP contribution in [0.2, 0.25) is 0 Å². The summed E-state index contributed by atoms with van der Waals surface area (Å²) in [5, 5.41) is 9.30. The first kappa shape index (κ1) is 13.9. The SMILES string of the molecule is CCC(C)c1ccc(N(C)CC2(C#N)CCC2)cc1. The largest absolute Gasteiger partial charge is 0.373 e. The molecule has 0 aromatic heterocycles. The average Bonchev–Trinajstić information content (AvgIpc) is 2.42. The molecule has 1 fully saturated rings. The van der Waals surface area contributed by atoms with E-state index < -0.39 is 0 Å². The summed E-state index contributed by atoms with van der Waals surface area (Å²) in [5.74, 6) is 0.622. The molecular weight excluding hydrogens is 232 g/mol. The molecule has 19 heavy (non-hydrogen) atoms. The third kappa shape index (κ3) is 2.92. The van der Waals surface area contributed by atoms with Crippen molar-refractivity contribution < 1.29 is 0 Å². The van der Waals surface area contributed by atoms with Crippen LogP contribution in [-0.4, -0.2) is 13.6 Å². The van der Waals surface area contributed by atoms with Gasteiger partial charge in [0, 0.05) is 19.3 Å². The van der Waals surface area contributed by atoms with Crippen LogP contribution in [0.25, 0.3) is 0 Å². The Bertz CT molecular complexity index is 451. The Kier molecular flexibility index (Phi) is 4.14. The minimum absolute atomic E-state index is 0.0931. The monoisotopic (exact) mass is 256 g/mol. The maximum atomic E-state index is 9.30. The smallest absolute Gasteiger partial charge is 0.0748 e. The zero-order valence-corrected chi connectivity index (χ0v) is 12.3. The van der Waals surface area contributed by atoms with E-state index in [9.17, 15) is 5.26 Å². The van der Waals surface area contributed by atoms with Gasteiger partial charge in [-0.3, -0.25) is 0 Å². The number of anilines is 1. The number of hydrogen-bond donors (Lipinski definition) is 0. The highest BCUT2D eigenvalue weighted by Gasteiger charge is 2.38. The molecule has 0 heterocycles. The molecule has 1 unspecified atom stereocenters.